The van der Waals surface area contributed by atoms with E-state index in [1.165, 1.54) is 51.7 Å². The van der Waals surface area contributed by atoms with Crippen LogP contribution in [0.4, 0.5) is 0 Å². The number of nitrogens with one attached hydrogen (secondary N) is 3. The highest BCUT2D eigenvalue weighted by Gasteiger charge is 2.42. The zero-order valence-electron chi connectivity index (χ0n) is 68.1. The van der Waals surface area contributed by atoms with Crippen LogP contribution in [0.25, 0.3) is 0 Å². The number of aromatic nitrogens is 3. The number of hydrogen-bond donors (Lipinski definition) is 6. The number of esters is 3. The number of aliphatic hydroxyl groups is 3. The van der Waals surface area contributed by atoms with Crippen LogP contribution in [0.5, 0.6) is 0 Å². The van der Waals surface area contributed by atoms with Gasteiger partial charge in [0.2, 0.25) is 17.7 Å². The third kappa shape index (κ3) is 28.3. The van der Waals surface area contributed by atoms with Crippen molar-refractivity contribution in [1.82, 2.24) is 45.6 Å². The van der Waals surface area contributed by atoms with E-state index in [2.05, 4.69) is 50.6 Å². The van der Waals surface area contributed by atoms with Gasteiger partial charge in [-0.25, -0.2) is 29.3 Å². The van der Waals surface area contributed by atoms with Gasteiger partial charge in [-0.05, 0) is 115 Å². The second-order valence-corrected chi connectivity index (χ2v) is 31.2. The first-order valence-electron chi connectivity index (χ1n) is 39.5. The lowest BCUT2D eigenvalue weighted by molar-refractivity contribution is -0.158. The van der Waals surface area contributed by atoms with Crippen molar-refractivity contribution in [3.8, 4) is 0 Å². The molecule has 114 heavy (non-hydrogen) atoms. The number of allylic oxidation sites excluding steroid dienone is 6. The summed E-state index contributed by atoms with van der Waals surface area (Å²) in [5.74, 6) is -3.06. The molecule has 0 radical (unpaired) electrons. The number of ether oxygens (including phenoxy) is 3. The Balaban J connectivity index is 0.000000237. The van der Waals surface area contributed by atoms with Crippen molar-refractivity contribution in [2.24, 2.45) is 35.5 Å². The zero-order valence-corrected chi connectivity index (χ0v) is 68.1. The van der Waals surface area contributed by atoms with Gasteiger partial charge in [-0.1, -0.05) is 188 Å². The van der Waals surface area contributed by atoms with E-state index in [9.17, 15) is 58.5 Å². The number of carbonyl (C=O) groups is 9. The molecule has 618 valence electrons. The fraction of sp³-hybridized carbons (Fsp3) is 0.517. The molecule has 6 aliphatic rings. The summed E-state index contributed by atoms with van der Waals surface area (Å²) in [7, 11) is 0. The summed E-state index contributed by atoms with van der Waals surface area (Å²) in [6.07, 6.45) is 31.2. The quantitative estimate of drug-likeness (QED) is 0.0806. The molecule has 0 unspecified atom stereocenters. The number of cyclic esters (lactones) is 3. The summed E-state index contributed by atoms with van der Waals surface area (Å²) >= 11 is 0. The van der Waals surface area contributed by atoms with Gasteiger partial charge in [-0.15, -0.1) is 0 Å². The SMILES string of the molecule is C=C1Cc2cnc(o2)C(=O)N2CCC[C@@H]2C(=O)O[C@H](C(C)C)[C@H](C)/C=C/C(=O)NC/C=C/C(C)=C/[C@@H](O)C1.C=C1Cc2nc(co2)C(=O)N2CCC[C@@H]2C(=O)O[C@H](C(C)C)[C@H](C)/C=C/C(=O)NC/C=C/C(C)=C/[C@@H](O)C1.C=C1Cc2nc(co2)C(=O)N2CCC[C@@H]2C(=O)O[C@H](C(C)C)[C@H](C)/C=C/C(=O)NC/C=C/C(C)=C/[C@@H](O)C1. The minimum absolute atomic E-state index is 0.000869. The van der Waals surface area contributed by atoms with E-state index in [0.29, 0.717) is 132 Å². The van der Waals surface area contributed by atoms with Crippen LogP contribution < -0.4 is 16.0 Å². The highest BCUT2D eigenvalue weighted by atomic mass is 16.6. The molecule has 3 fully saturated rings. The molecule has 27 heteroatoms. The fourth-order valence-electron chi connectivity index (χ4n) is 14.3. The number of oxazole rings is 3. The Bertz CT molecular complexity index is 3760. The Hall–Kier alpha value is -10.4. The van der Waals surface area contributed by atoms with Crippen LogP contribution >= 0.6 is 0 Å². The Kier molecular flexibility index (Phi) is 35.3. The Morgan fingerprint density at radius 3 is 1.10 bits per heavy atom. The smallest absolute Gasteiger partial charge is 0.329 e. The largest absolute Gasteiger partial charge is 0.460 e. The summed E-state index contributed by atoms with van der Waals surface area (Å²) < 4.78 is 34.4. The molecular formula is C87H117N9O18. The number of carbonyl (C=O) groups excluding carboxylic acids is 9. The second kappa shape index (κ2) is 44.3. The lowest BCUT2D eigenvalue weighted by atomic mass is 9.94. The summed E-state index contributed by atoms with van der Waals surface area (Å²) in [5.41, 5.74) is 4.87. The topological polar surface area (TPSA) is 366 Å². The highest BCUT2D eigenvalue weighted by molar-refractivity contribution is 5.97. The summed E-state index contributed by atoms with van der Waals surface area (Å²) in [6, 6.07) is -2.15. The second-order valence-electron chi connectivity index (χ2n) is 31.2. The molecule has 6 amide bonds. The number of aliphatic hydroxyl groups excluding tert-OH is 3. The first kappa shape index (κ1) is 90.8. The van der Waals surface area contributed by atoms with Crippen molar-refractivity contribution in [2.75, 3.05) is 39.3 Å². The van der Waals surface area contributed by atoms with Gasteiger partial charge < -0.3 is 73.4 Å². The normalized spacial score (nSPS) is 29.7. The van der Waals surface area contributed by atoms with Gasteiger partial charge in [0.1, 0.15) is 54.7 Å². The van der Waals surface area contributed by atoms with E-state index >= 15 is 0 Å². The number of hydrogen-bond acceptors (Lipinski definition) is 21. The lowest BCUT2D eigenvalue weighted by Crippen LogP contribution is -2.44. The van der Waals surface area contributed by atoms with E-state index in [4.69, 9.17) is 27.5 Å². The Morgan fingerprint density at radius 1 is 0.456 bits per heavy atom. The van der Waals surface area contributed by atoms with E-state index in [0.717, 1.165) is 22.3 Å². The monoisotopic (exact) mass is 1580 g/mol. The minimum Gasteiger partial charge on any atom is -0.460 e. The average Bonchev–Trinajstić information content (AvgIpc) is 1.67. The molecular weight excluding hydrogens is 1460 g/mol. The van der Waals surface area contributed by atoms with Gasteiger partial charge in [0.15, 0.2) is 23.2 Å². The van der Waals surface area contributed by atoms with Crippen LogP contribution in [-0.4, -0.2) is 192 Å². The van der Waals surface area contributed by atoms with Crippen molar-refractivity contribution in [2.45, 2.75) is 215 Å². The molecule has 3 saturated heterocycles. The molecule has 12 atom stereocenters. The van der Waals surface area contributed by atoms with Gasteiger partial charge in [0.05, 0.1) is 24.5 Å². The molecule has 3 aromatic rings. The first-order chi connectivity index (χ1) is 54.1. The number of fused-ring (bicyclic) bond motifs is 9. The molecule has 9 heterocycles. The molecule has 27 nitrogen and oxygen atoms in total. The van der Waals surface area contributed by atoms with E-state index in [1.54, 1.807) is 54.7 Å². The van der Waals surface area contributed by atoms with Crippen molar-refractivity contribution in [3.05, 3.63) is 198 Å². The Morgan fingerprint density at radius 2 is 0.772 bits per heavy atom. The van der Waals surface area contributed by atoms with Gasteiger partial charge in [0.25, 0.3) is 17.7 Å². The molecule has 6 bridgehead atoms. The number of amides is 6. The van der Waals surface area contributed by atoms with Gasteiger partial charge >= 0.3 is 23.8 Å². The average molecular weight is 1580 g/mol. The third-order valence-electron chi connectivity index (χ3n) is 20.0. The molecule has 0 aromatic carbocycles. The maximum absolute atomic E-state index is 13.2. The third-order valence-corrected chi connectivity index (χ3v) is 20.0. The van der Waals surface area contributed by atoms with E-state index in [-0.39, 0.29) is 95.2 Å². The molecule has 0 saturated carbocycles. The lowest BCUT2D eigenvalue weighted by Gasteiger charge is -2.29. The number of nitrogens with zero attached hydrogens (tertiary/aromatic N) is 6. The van der Waals surface area contributed by atoms with Crippen molar-refractivity contribution < 1.29 is 85.9 Å². The van der Waals surface area contributed by atoms with Crippen molar-refractivity contribution >= 4 is 53.4 Å². The van der Waals surface area contributed by atoms with E-state index in [1.807, 2.05) is 101 Å². The van der Waals surface area contributed by atoms with Crippen LogP contribution in [0.3, 0.4) is 0 Å². The first-order valence-corrected chi connectivity index (χ1v) is 39.5. The molecule has 0 aliphatic carbocycles. The van der Waals surface area contributed by atoms with Crippen LogP contribution in [0.2, 0.25) is 0 Å². The molecule has 6 aliphatic heterocycles. The van der Waals surface area contributed by atoms with Gasteiger partial charge in [0, 0.05) is 76.3 Å². The number of rotatable bonds is 3. The summed E-state index contributed by atoms with van der Waals surface area (Å²) in [5, 5.41) is 39.6. The minimum atomic E-state index is -0.755. The van der Waals surface area contributed by atoms with Crippen LogP contribution in [0.1, 0.15) is 190 Å². The highest BCUT2D eigenvalue weighted by Crippen LogP contribution is 2.31. The predicted octanol–water partition coefficient (Wildman–Crippen LogP) is 10.6. The van der Waals surface area contributed by atoms with Crippen molar-refractivity contribution in [1.29, 1.82) is 0 Å². The van der Waals surface area contributed by atoms with E-state index < -0.39 is 78.6 Å². The molecule has 3 aromatic heterocycles. The Labute approximate surface area is 669 Å². The molecule has 0 spiro atoms. The zero-order chi connectivity index (χ0) is 83.5. The van der Waals surface area contributed by atoms with Crippen LogP contribution in [0.15, 0.2) is 176 Å². The standard InChI is InChI=1S/3C29H39N3O6/c2*1-18(2)27-21(5)10-11-25(34)30-12-6-8-19(3)14-22(33)15-20(4)16-26-31-23(17-37-26)28(35)32-13-7-9-24(32)29(36)38-27;1-18(2)26-21(5)10-11-25(34)30-12-6-8-19(3)14-22(33)15-20(4)16-23-17-31-27(37-23)28(35)32-13-7-9-24(32)29(36)38-26/h2*6,8,10-11,14,17-18,21-22,24,27,33H,4,7,9,12-13,15-16H2,1-3,5H3,(H,30,34);6,8,10-11,14,17-18,21-22,24,26,33H,4,7,9,12-13,15-16H2,1-3,5H3,(H,30,34)/b3*8-6+,11-10+,19-14+/t2*21-,22-,24-,27-;21-,22-,24-,26-/m111/s1. The predicted molar refractivity (Wildman–Crippen MR) is 429 cm³/mol. The summed E-state index contributed by atoms with van der Waals surface area (Å²) in [4.78, 5) is 133. The van der Waals surface area contributed by atoms with Crippen LogP contribution in [-0.2, 0) is 62.2 Å². The summed E-state index contributed by atoms with van der Waals surface area (Å²) in [6.45, 7) is 37.2. The maximum atomic E-state index is 13.2. The molecule has 9 rings (SSSR count). The van der Waals surface area contributed by atoms with Crippen molar-refractivity contribution in [3.63, 3.8) is 0 Å². The molecule has 6 N–H and O–H groups in total. The maximum Gasteiger partial charge on any atom is 0.329 e. The fourth-order valence-corrected chi connectivity index (χ4v) is 14.3. The van der Waals surface area contributed by atoms with Crippen LogP contribution in [0, 0.1) is 35.5 Å². The van der Waals surface area contributed by atoms with Gasteiger partial charge in [-0.2, -0.15) is 0 Å². The van der Waals surface area contributed by atoms with Gasteiger partial charge in [-0.3, -0.25) is 28.8 Å².